The third kappa shape index (κ3) is 5.11. The lowest BCUT2D eigenvalue weighted by molar-refractivity contribution is -0.0120. The summed E-state index contributed by atoms with van der Waals surface area (Å²) in [4.78, 5) is 13.4. The Labute approximate surface area is 199 Å². The molecule has 0 spiro atoms. The van der Waals surface area contributed by atoms with Crippen molar-refractivity contribution >= 4 is 18.3 Å². The minimum atomic E-state index is 0. The lowest BCUT2D eigenvalue weighted by Gasteiger charge is -2.54. The molecule has 1 aromatic rings. The molecule has 2 N–H and O–H groups in total. The number of carbonyl (C=O) groups excluding carboxylic acids is 1. The Morgan fingerprint density at radius 2 is 1.81 bits per heavy atom. The molecule has 0 atom stereocenters. The SMILES string of the molecule is CC(C)COc1c(C(=O)NC2C3CC4CC(C3)CC2C4)cnn1CCC1CCNCC1.Cl. The Morgan fingerprint density at radius 1 is 1.16 bits per heavy atom. The Morgan fingerprint density at radius 3 is 2.44 bits per heavy atom. The van der Waals surface area contributed by atoms with Gasteiger partial charge in [-0.2, -0.15) is 5.10 Å². The molecule has 6 rings (SSSR count). The molecule has 4 bridgehead atoms. The number of halogens is 1. The summed E-state index contributed by atoms with van der Waals surface area (Å²) in [5.74, 6) is 5.01. The summed E-state index contributed by atoms with van der Waals surface area (Å²) in [6.07, 6.45) is 12.0. The van der Waals surface area contributed by atoms with Crippen molar-refractivity contribution in [1.82, 2.24) is 20.4 Å². The highest BCUT2D eigenvalue weighted by Crippen LogP contribution is 2.53. The van der Waals surface area contributed by atoms with Gasteiger partial charge in [-0.15, -0.1) is 12.4 Å². The van der Waals surface area contributed by atoms with Gasteiger partial charge in [0.2, 0.25) is 5.88 Å². The van der Waals surface area contributed by atoms with Gasteiger partial charge in [-0.05, 0) is 100.0 Å². The first-order chi connectivity index (χ1) is 15.1. The van der Waals surface area contributed by atoms with Gasteiger partial charge in [0.25, 0.3) is 5.91 Å². The van der Waals surface area contributed by atoms with Crippen molar-refractivity contribution in [3.63, 3.8) is 0 Å². The van der Waals surface area contributed by atoms with Crippen LogP contribution >= 0.6 is 12.4 Å². The van der Waals surface area contributed by atoms with Crippen LogP contribution in [-0.2, 0) is 6.54 Å². The van der Waals surface area contributed by atoms with Crippen molar-refractivity contribution in [2.24, 2.45) is 35.5 Å². The summed E-state index contributed by atoms with van der Waals surface area (Å²) in [7, 11) is 0. The van der Waals surface area contributed by atoms with E-state index in [1.54, 1.807) is 6.20 Å². The van der Waals surface area contributed by atoms with Crippen molar-refractivity contribution < 1.29 is 9.53 Å². The fraction of sp³-hybridized carbons (Fsp3) is 0.840. The molecule has 0 unspecified atom stereocenters. The number of amides is 1. The van der Waals surface area contributed by atoms with Crippen LogP contribution < -0.4 is 15.4 Å². The Balaban J connectivity index is 0.00000245. The van der Waals surface area contributed by atoms with Gasteiger partial charge in [-0.3, -0.25) is 4.79 Å². The van der Waals surface area contributed by atoms with E-state index in [9.17, 15) is 4.79 Å². The minimum Gasteiger partial charge on any atom is -0.477 e. The Hall–Kier alpha value is -1.27. The quantitative estimate of drug-likeness (QED) is 0.602. The van der Waals surface area contributed by atoms with Crippen molar-refractivity contribution in [3.05, 3.63) is 11.8 Å². The van der Waals surface area contributed by atoms with Crippen molar-refractivity contribution in [3.8, 4) is 5.88 Å². The van der Waals surface area contributed by atoms with Crippen LogP contribution in [0.4, 0.5) is 0 Å². The summed E-state index contributed by atoms with van der Waals surface area (Å²) >= 11 is 0. The van der Waals surface area contributed by atoms with Crippen LogP contribution in [0, 0.1) is 35.5 Å². The second kappa shape index (κ2) is 10.3. The molecule has 1 aliphatic heterocycles. The number of nitrogens with one attached hydrogen (secondary N) is 2. The first-order valence-electron chi connectivity index (χ1n) is 12.8. The van der Waals surface area contributed by atoms with Gasteiger partial charge in [0.15, 0.2) is 0 Å². The predicted octanol–water partition coefficient (Wildman–Crippen LogP) is 4.28. The fourth-order valence-electron chi connectivity index (χ4n) is 6.95. The van der Waals surface area contributed by atoms with Crippen molar-refractivity contribution in [2.75, 3.05) is 19.7 Å². The van der Waals surface area contributed by atoms with Gasteiger partial charge in [0, 0.05) is 12.6 Å². The van der Waals surface area contributed by atoms with E-state index >= 15 is 0 Å². The molecule has 0 radical (unpaired) electrons. The number of aryl methyl sites for hydroxylation is 1. The van der Waals surface area contributed by atoms with Crippen LogP contribution in [0.25, 0.3) is 0 Å². The molecular formula is C25H41ClN4O2. The van der Waals surface area contributed by atoms with Crippen LogP contribution in [0.2, 0.25) is 0 Å². The number of rotatable bonds is 8. The van der Waals surface area contributed by atoms with Crippen LogP contribution in [0.15, 0.2) is 6.20 Å². The number of nitrogens with zero attached hydrogens (tertiary/aromatic N) is 2. The molecule has 1 saturated heterocycles. The maximum absolute atomic E-state index is 13.4. The standard InChI is InChI=1S/C25H40N4O2.ClH/c1-16(2)15-31-25-22(14-27-29(25)8-5-17-3-6-26-7-4-17)24(30)28-23-20-10-18-9-19(12-20)13-21(23)11-18;/h14,16-21,23,26H,3-13,15H2,1-2H3,(H,28,30);1H. The molecule has 5 aliphatic rings. The van der Waals surface area contributed by atoms with Gasteiger partial charge in [-0.25, -0.2) is 4.68 Å². The number of aromatic nitrogens is 2. The lowest BCUT2D eigenvalue weighted by Crippen LogP contribution is -2.55. The third-order valence-electron chi connectivity index (χ3n) is 8.32. The molecule has 2 heterocycles. The molecule has 7 heteroatoms. The first-order valence-corrected chi connectivity index (χ1v) is 12.8. The topological polar surface area (TPSA) is 68.2 Å². The zero-order valence-electron chi connectivity index (χ0n) is 19.7. The molecule has 4 saturated carbocycles. The van der Waals surface area contributed by atoms with Gasteiger partial charge < -0.3 is 15.4 Å². The third-order valence-corrected chi connectivity index (χ3v) is 8.32. The second-order valence-electron chi connectivity index (χ2n) is 11.2. The number of hydrogen-bond acceptors (Lipinski definition) is 4. The summed E-state index contributed by atoms with van der Waals surface area (Å²) in [5, 5.41) is 11.5. The monoisotopic (exact) mass is 464 g/mol. The average Bonchev–Trinajstić information content (AvgIpc) is 3.16. The first kappa shape index (κ1) is 23.9. The summed E-state index contributed by atoms with van der Waals surface area (Å²) in [6, 6.07) is 0.344. The lowest BCUT2D eigenvalue weighted by atomic mass is 9.54. The second-order valence-corrected chi connectivity index (χ2v) is 11.2. The van der Waals surface area contributed by atoms with Crippen LogP contribution in [0.1, 0.15) is 75.6 Å². The normalized spacial score (nSPS) is 31.5. The smallest absolute Gasteiger partial charge is 0.258 e. The predicted molar refractivity (Wildman–Crippen MR) is 128 cm³/mol. The average molecular weight is 465 g/mol. The highest BCUT2D eigenvalue weighted by molar-refractivity contribution is 5.96. The molecule has 0 aromatic carbocycles. The van der Waals surface area contributed by atoms with E-state index in [1.807, 2.05) is 4.68 Å². The van der Waals surface area contributed by atoms with E-state index in [-0.39, 0.29) is 18.3 Å². The van der Waals surface area contributed by atoms with Gasteiger partial charge >= 0.3 is 0 Å². The molecule has 32 heavy (non-hydrogen) atoms. The molecule has 1 aromatic heterocycles. The summed E-state index contributed by atoms with van der Waals surface area (Å²) < 4.78 is 8.11. The molecule has 5 fully saturated rings. The molecule has 180 valence electrons. The maximum atomic E-state index is 13.4. The molecule has 1 amide bonds. The highest BCUT2D eigenvalue weighted by atomic mass is 35.5. The van der Waals surface area contributed by atoms with Gasteiger partial charge in [-0.1, -0.05) is 13.8 Å². The highest BCUT2D eigenvalue weighted by Gasteiger charge is 2.48. The Bertz CT molecular complexity index is 746. The van der Waals surface area contributed by atoms with Gasteiger partial charge in [0.05, 0.1) is 12.8 Å². The summed E-state index contributed by atoms with van der Waals surface area (Å²) in [5.41, 5.74) is 0.625. The number of ether oxygens (including phenoxy) is 1. The number of piperidine rings is 1. The van der Waals surface area contributed by atoms with E-state index < -0.39 is 0 Å². The fourth-order valence-corrected chi connectivity index (χ4v) is 6.95. The van der Waals surface area contributed by atoms with Gasteiger partial charge in [0.1, 0.15) is 5.56 Å². The zero-order valence-corrected chi connectivity index (χ0v) is 20.5. The van der Waals surface area contributed by atoms with E-state index in [0.29, 0.717) is 41.8 Å². The largest absolute Gasteiger partial charge is 0.477 e. The van der Waals surface area contributed by atoms with Crippen LogP contribution in [0.5, 0.6) is 5.88 Å². The van der Waals surface area contributed by atoms with E-state index in [0.717, 1.165) is 43.8 Å². The van der Waals surface area contributed by atoms with Crippen LogP contribution in [0.3, 0.4) is 0 Å². The molecule has 6 nitrogen and oxygen atoms in total. The van der Waals surface area contributed by atoms with E-state index in [1.165, 1.54) is 44.9 Å². The molecular weight excluding hydrogens is 424 g/mol. The van der Waals surface area contributed by atoms with Crippen molar-refractivity contribution in [2.45, 2.75) is 77.8 Å². The van der Waals surface area contributed by atoms with E-state index in [4.69, 9.17) is 4.74 Å². The minimum absolute atomic E-state index is 0. The maximum Gasteiger partial charge on any atom is 0.258 e. The van der Waals surface area contributed by atoms with Crippen molar-refractivity contribution in [1.29, 1.82) is 0 Å². The number of hydrogen-bond donors (Lipinski definition) is 2. The number of carbonyl (C=O) groups is 1. The van der Waals surface area contributed by atoms with E-state index in [2.05, 4.69) is 29.6 Å². The van der Waals surface area contributed by atoms with Crippen LogP contribution in [-0.4, -0.2) is 41.4 Å². The summed E-state index contributed by atoms with van der Waals surface area (Å²) in [6.45, 7) is 7.94. The molecule has 4 aliphatic carbocycles. The zero-order chi connectivity index (χ0) is 21.4. The Kier molecular flexibility index (Phi) is 7.71.